The summed E-state index contributed by atoms with van der Waals surface area (Å²) < 4.78 is 0. The first-order valence-electron chi connectivity index (χ1n) is 6.72. The fourth-order valence-electron chi connectivity index (χ4n) is 1.93. The molecular formula is C16H13N5O. The molecule has 6 heteroatoms. The number of benzene rings is 1. The van der Waals surface area contributed by atoms with E-state index < -0.39 is 0 Å². The molecule has 2 heterocycles. The van der Waals surface area contributed by atoms with Crippen LogP contribution < -0.4 is 5.32 Å². The number of anilines is 1. The summed E-state index contributed by atoms with van der Waals surface area (Å²) in [4.78, 5) is 28.8. The Morgan fingerprint density at radius 2 is 1.68 bits per heavy atom. The van der Waals surface area contributed by atoms with Gasteiger partial charge in [-0.25, -0.2) is 4.98 Å². The van der Waals surface area contributed by atoms with Gasteiger partial charge in [0.1, 0.15) is 5.82 Å². The summed E-state index contributed by atoms with van der Waals surface area (Å²) in [6.45, 7) is 1.75. The van der Waals surface area contributed by atoms with Gasteiger partial charge in [-0.2, -0.15) is 9.97 Å². The predicted molar refractivity (Wildman–Crippen MR) is 82.2 cm³/mol. The molecule has 1 aromatic carbocycles. The number of carbonyl (C=O) groups excluding carboxylic acids is 1. The Balaban J connectivity index is 1.89. The topological polar surface area (TPSA) is 80.7 Å². The molecule has 1 amide bonds. The van der Waals surface area contributed by atoms with E-state index in [0.717, 1.165) is 5.56 Å². The SMILES string of the molecule is Cc1nc(NC(=O)c2ccccc2)nc(-c2ccncc2)n1. The van der Waals surface area contributed by atoms with Gasteiger partial charge in [0, 0.05) is 23.5 Å². The number of aromatic nitrogens is 4. The second-order valence-electron chi connectivity index (χ2n) is 4.59. The molecule has 6 nitrogen and oxygen atoms in total. The number of pyridine rings is 1. The van der Waals surface area contributed by atoms with Gasteiger partial charge in [-0.05, 0) is 31.2 Å². The quantitative estimate of drug-likeness (QED) is 0.802. The molecule has 0 bridgehead atoms. The van der Waals surface area contributed by atoms with Crippen molar-refractivity contribution in [2.45, 2.75) is 6.92 Å². The molecule has 0 aliphatic rings. The zero-order valence-corrected chi connectivity index (χ0v) is 11.9. The van der Waals surface area contributed by atoms with E-state index in [1.54, 1.807) is 55.7 Å². The zero-order chi connectivity index (χ0) is 15.4. The summed E-state index contributed by atoms with van der Waals surface area (Å²) in [5.74, 6) is 1.00. The lowest BCUT2D eigenvalue weighted by molar-refractivity contribution is 0.102. The lowest BCUT2D eigenvalue weighted by Gasteiger charge is -2.06. The van der Waals surface area contributed by atoms with Crippen LogP contribution in [0.15, 0.2) is 54.9 Å². The summed E-state index contributed by atoms with van der Waals surface area (Å²) in [6.07, 6.45) is 3.33. The summed E-state index contributed by atoms with van der Waals surface area (Å²) >= 11 is 0. The van der Waals surface area contributed by atoms with E-state index >= 15 is 0 Å². The first-order valence-corrected chi connectivity index (χ1v) is 6.72. The van der Waals surface area contributed by atoms with Crippen LogP contribution in [-0.4, -0.2) is 25.8 Å². The molecule has 0 saturated heterocycles. The van der Waals surface area contributed by atoms with E-state index in [1.807, 2.05) is 6.07 Å². The van der Waals surface area contributed by atoms with Crippen molar-refractivity contribution < 1.29 is 4.79 Å². The van der Waals surface area contributed by atoms with Gasteiger partial charge in [-0.1, -0.05) is 18.2 Å². The van der Waals surface area contributed by atoms with Crippen LogP contribution in [0.2, 0.25) is 0 Å². The first-order chi connectivity index (χ1) is 10.7. The van der Waals surface area contributed by atoms with Gasteiger partial charge in [0.05, 0.1) is 0 Å². The maximum Gasteiger partial charge on any atom is 0.258 e. The largest absolute Gasteiger partial charge is 0.290 e. The van der Waals surface area contributed by atoms with Crippen LogP contribution >= 0.6 is 0 Å². The number of hydrogen-bond donors (Lipinski definition) is 1. The average Bonchev–Trinajstić information content (AvgIpc) is 2.56. The molecule has 0 fully saturated rings. The molecule has 0 atom stereocenters. The van der Waals surface area contributed by atoms with Gasteiger partial charge in [0.25, 0.3) is 5.91 Å². The van der Waals surface area contributed by atoms with Crippen LogP contribution in [0.3, 0.4) is 0 Å². The van der Waals surface area contributed by atoms with E-state index in [-0.39, 0.29) is 11.9 Å². The highest BCUT2D eigenvalue weighted by molar-refractivity contribution is 6.03. The summed E-state index contributed by atoms with van der Waals surface area (Å²) in [5.41, 5.74) is 1.36. The minimum Gasteiger partial charge on any atom is -0.290 e. The molecule has 0 unspecified atom stereocenters. The second-order valence-corrected chi connectivity index (χ2v) is 4.59. The van der Waals surface area contributed by atoms with Crippen LogP contribution in [0.25, 0.3) is 11.4 Å². The Morgan fingerprint density at radius 3 is 2.41 bits per heavy atom. The summed E-state index contributed by atoms with van der Waals surface area (Å²) in [7, 11) is 0. The highest BCUT2D eigenvalue weighted by Gasteiger charge is 2.10. The van der Waals surface area contributed by atoms with E-state index in [2.05, 4.69) is 25.3 Å². The predicted octanol–water partition coefficient (Wildman–Crippen LogP) is 2.49. The monoisotopic (exact) mass is 291 g/mol. The zero-order valence-electron chi connectivity index (χ0n) is 11.9. The Kier molecular flexibility index (Phi) is 3.82. The molecule has 0 aliphatic carbocycles. The molecule has 3 rings (SSSR count). The summed E-state index contributed by atoms with van der Waals surface area (Å²) in [6, 6.07) is 12.5. The highest BCUT2D eigenvalue weighted by Crippen LogP contribution is 2.15. The van der Waals surface area contributed by atoms with Gasteiger partial charge in [0.15, 0.2) is 5.82 Å². The Labute approximate surface area is 127 Å². The molecular weight excluding hydrogens is 278 g/mol. The third-order valence-electron chi connectivity index (χ3n) is 2.95. The van der Waals surface area contributed by atoms with E-state index in [0.29, 0.717) is 17.2 Å². The second kappa shape index (κ2) is 6.09. The van der Waals surface area contributed by atoms with Crippen molar-refractivity contribution in [2.24, 2.45) is 0 Å². The number of hydrogen-bond acceptors (Lipinski definition) is 5. The lowest BCUT2D eigenvalue weighted by Crippen LogP contribution is -2.15. The van der Waals surface area contributed by atoms with Crippen LogP contribution in [0.5, 0.6) is 0 Å². The minimum absolute atomic E-state index is 0.230. The van der Waals surface area contributed by atoms with Crippen molar-refractivity contribution in [1.82, 2.24) is 19.9 Å². The number of amides is 1. The van der Waals surface area contributed by atoms with Crippen LogP contribution in [0.1, 0.15) is 16.2 Å². The number of nitrogens with zero attached hydrogens (tertiary/aromatic N) is 4. The average molecular weight is 291 g/mol. The highest BCUT2D eigenvalue weighted by atomic mass is 16.1. The van der Waals surface area contributed by atoms with E-state index in [1.165, 1.54) is 0 Å². The maximum atomic E-state index is 12.2. The Morgan fingerprint density at radius 1 is 0.955 bits per heavy atom. The van der Waals surface area contributed by atoms with Crippen molar-refractivity contribution in [2.75, 3.05) is 5.32 Å². The lowest BCUT2D eigenvalue weighted by atomic mass is 10.2. The molecule has 1 N–H and O–H groups in total. The van der Waals surface area contributed by atoms with Gasteiger partial charge in [-0.3, -0.25) is 15.1 Å². The van der Waals surface area contributed by atoms with Crippen molar-refractivity contribution >= 4 is 11.9 Å². The molecule has 0 radical (unpaired) electrons. The van der Waals surface area contributed by atoms with Crippen molar-refractivity contribution in [3.63, 3.8) is 0 Å². The fraction of sp³-hybridized carbons (Fsp3) is 0.0625. The Hall–Kier alpha value is -3.15. The molecule has 22 heavy (non-hydrogen) atoms. The smallest absolute Gasteiger partial charge is 0.258 e. The number of nitrogens with one attached hydrogen (secondary N) is 1. The molecule has 2 aromatic heterocycles. The molecule has 3 aromatic rings. The molecule has 0 aliphatic heterocycles. The molecule has 0 saturated carbocycles. The van der Waals surface area contributed by atoms with Crippen LogP contribution in [-0.2, 0) is 0 Å². The third kappa shape index (κ3) is 3.12. The van der Waals surface area contributed by atoms with Crippen LogP contribution in [0.4, 0.5) is 5.95 Å². The van der Waals surface area contributed by atoms with Crippen molar-refractivity contribution in [3.05, 3.63) is 66.2 Å². The van der Waals surface area contributed by atoms with Gasteiger partial charge >= 0.3 is 0 Å². The fourth-order valence-corrected chi connectivity index (χ4v) is 1.93. The third-order valence-corrected chi connectivity index (χ3v) is 2.95. The number of aryl methyl sites for hydroxylation is 1. The number of rotatable bonds is 3. The van der Waals surface area contributed by atoms with E-state index in [4.69, 9.17) is 0 Å². The van der Waals surface area contributed by atoms with Crippen molar-refractivity contribution in [1.29, 1.82) is 0 Å². The molecule has 0 spiro atoms. The normalized spacial score (nSPS) is 10.2. The van der Waals surface area contributed by atoms with Gasteiger partial charge in [0.2, 0.25) is 5.95 Å². The maximum absolute atomic E-state index is 12.2. The number of carbonyl (C=O) groups is 1. The Bertz CT molecular complexity index is 790. The van der Waals surface area contributed by atoms with Crippen LogP contribution in [0, 0.1) is 6.92 Å². The summed E-state index contributed by atoms with van der Waals surface area (Å²) in [5, 5.41) is 2.69. The van der Waals surface area contributed by atoms with E-state index in [9.17, 15) is 4.79 Å². The van der Waals surface area contributed by atoms with Crippen molar-refractivity contribution in [3.8, 4) is 11.4 Å². The minimum atomic E-state index is -0.258. The first kappa shape index (κ1) is 13.8. The molecule has 108 valence electrons. The van der Waals surface area contributed by atoms with Gasteiger partial charge < -0.3 is 0 Å². The standard InChI is InChI=1S/C16H13N5O/c1-11-18-14(12-7-9-17-10-8-12)20-16(19-11)21-15(22)13-5-3-2-4-6-13/h2-10H,1H3,(H,18,19,20,21,22). The van der Waals surface area contributed by atoms with Gasteiger partial charge in [-0.15, -0.1) is 0 Å².